The third-order valence-electron chi connectivity index (χ3n) is 2.47. The van der Waals surface area contributed by atoms with Crippen molar-refractivity contribution in [2.75, 3.05) is 27.9 Å². The molecule has 0 radical (unpaired) electrons. The normalized spacial score (nSPS) is 8.91. The van der Waals surface area contributed by atoms with E-state index in [0.717, 1.165) is 0 Å². The van der Waals surface area contributed by atoms with Crippen molar-refractivity contribution in [3.05, 3.63) is 29.8 Å². The molecule has 7 nitrogen and oxygen atoms in total. The van der Waals surface area contributed by atoms with Gasteiger partial charge in [-0.3, -0.25) is 14.4 Å². The van der Waals surface area contributed by atoms with E-state index in [-0.39, 0.29) is 18.4 Å². The Morgan fingerprint density at radius 2 is 1.68 bits per heavy atom. The zero-order valence-electron chi connectivity index (χ0n) is 13.2. The van der Waals surface area contributed by atoms with Crippen molar-refractivity contribution in [3.63, 3.8) is 0 Å². The molecule has 1 amide bonds. The number of methoxy groups -OCH3 is 3. The van der Waals surface area contributed by atoms with Crippen molar-refractivity contribution >= 4 is 17.8 Å². The first kappa shape index (κ1) is 19.4. The molecule has 1 N–H and O–H groups in total. The molecule has 0 unspecified atom stereocenters. The quantitative estimate of drug-likeness (QED) is 0.821. The second-order valence-corrected chi connectivity index (χ2v) is 3.92. The third-order valence-corrected chi connectivity index (χ3v) is 2.47. The summed E-state index contributed by atoms with van der Waals surface area (Å²) < 4.78 is 13.6. The fourth-order valence-electron chi connectivity index (χ4n) is 1.24. The summed E-state index contributed by atoms with van der Waals surface area (Å²) in [5.41, 5.74) is 0.434. The predicted octanol–water partition coefficient (Wildman–Crippen LogP) is 1.17. The number of rotatable bonds is 5. The van der Waals surface area contributed by atoms with Crippen molar-refractivity contribution in [2.24, 2.45) is 0 Å². The SMILES string of the molecule is CCC(=O)OC.COC(=O)CNC(=O)c1cccc(OC)c1. The van der Waals surface area contributed by atoms with Crippen LogP contribution in [0.4, 0.5) is 0 Å². The van der Waals surface area contributed by atoms with Gasteiger partial charge >= 0.3 is 11.9 Å². The molecule has 122 valence electrons. The van der Waals surface area contributed by atoms with Gasteiger partial charge in [-0.15, -0.1) is 0 Å². The Morgan fingerprint density at radius 3 is 2.14 bits per heavy atom. The van der Waals surface area contributed by atoms with Crippen LogP contribution in [0.15, 0.2) is 24.3 Å². The van der Waals surface area contributed by atoms with E-state index in [4.69, 9.17) is 4.74 Å². The van der Waals surface area contributed by atoms with Crippen LogP contribution in [0.2, 0.25) is 0 Å². The molecule has 0 saturated carbocycles. The van der Waals surface area contributed by atoms with Gasteiger partial charge in [0.1, 0.15) is 12.3 Å². The Morgan fingerprint density at radius 1 is 1.05 bits per heavy atom. The van der Waals surface area contributed by atoms with Gasteiger partial charge in [-0.2, -0.15) is 0 Å². The summed E-state index contributed by atoms with van der Waals surface area (Å²) in [6, 6.07) is 6.66. The molecule has 0 fully saturated rings. The lowest BCUT2D eigenvalue weighted by Crippen LogP contribution is -2.30. The monoisotopic (exact) mass is 311 g/mol. The number of carbonyl (C=O) groups excluding carboxylic acids is 3. The van der Waals surface area contributed by atoms with Gasteiger partial charge in [0, 0.05) is 12.0 Å². The number of benzene rings is 1. The number of ether oxygens (including phenoxy) is 3. The van der Waals surface area contributed by atoms with Gasteiger partial charge in [-0.05, 0) is 18.2 Å². The minimum atomic E-state index is -0.490. The molecule has 0 bridgehead atoms. The molecule has 0 aliphatic rings. The lowest BCUT2D eigenvalue weighted by Gasteiger charge is -2.05. The first-order valence-electron chi connectivity index (χ1n) is 6.54. The van der Waals surface area contributed by atoms with Crippen LogP contribution in [0.1, 0.15) is 23.7 Å². The van der Waals surface area contributed by atoms with Gasteiger partial charge < -0.3 is 19.5 Å². The van der Waals surface area contributed by atoms with Gasteiger partial charge in [0.05, 0.1) is 21.3 Å². The lowest BCUT2D eigenvalue weighted by molar-refractivity contribution is -0.140. The van der Waals surface area contributed by atoms with E-state index in [1.165, 1.54) is 21.3 Å². The minimum absolute atomic E-state index is 0.146. The van der Waals surface area contributed by atoms with E-state index in [9.17, 15) is 14.4 Å². The lowest BCUT2D eigenvalue weighted by atomic mass is 10.2. The Kier molecular flexibility index (Phi) is 9.83. The van der Waals surface area contributed by atoms with Crippen molar-refractivity contribution < 1.29 is 28.6 Å². The third kappa shape index (κ3) is 7.88. The predicted molar refractivity (Wildman–Crippen MR) is 79.7 cm³/mol. The molecular weight excluding hydrogens is 290 g/mol. The Balaban J connectivity index is 0.000000626. The number of hydrogen-bond donors (Lipinski definition) is 1. The van der Waals surface area contributed by atoms with E-state index >= 15 is 0 Å². The Labute approximate surface area is 129 Å². The maximum atomic E-state index is 11.6. The summed E-state index contributed by atoms with van der Waals surface area (Å²) in [6.45, 7) is 1.61. The Hall–Kier alpha value is -2.57. The molecule has 0 aromatic heterocycles. The van der Waals surface area contributed by atoms with E-state index in [2.05, 4.69) is 14.8 Å². The first-order valence-corrected chi connectivity index (χ1v) is 6.54. The summed E-state index contributed by atoms with van der Waals surface area (Å²) in [7, 11) is 4.16. The van der Waals surface area contributed by atoms with E-state index in [1.807, 2.05) is 0 Å². The van der Waals surface area contributed by atoms with E-state index in [1.54, 1.807) is 31.2 Å². The fraction of sp³-hybridized carbons (Fsp3) is 0.400. The second kappa shape index (κ2) is 11.1. The van der Waals surface area contributed by atoms with Gasteiger partial charge in [-0.25, -0.2) is 0 Å². The smallest absolute Gasteiger partial charge is 0.325 e. The molecule has 1 rings (SSSR count). The highest BCUT2D eigenvalue weighted by atomic mass is 16.5. The van der Waals surface area contributed by atoms with Gasteiger partial charge in [0.15, 0.2) is 0 Å². The summed E-state index contributed by atoms with van der Waals surface area (Å²) in [6.07, 6.45) is 0.469. The van der Waals surface area contributed by atoms with Crippen LogP contribution in [-0.4, -0.2) is 45.7 Å². The van der Waals surface area contributed by atoms with Crippen molar-refractivity contribution in [3.8, 4) is 5.75 Å². The number of amides is 1. The highest BCUT2D eigenvalue weighted by Crippen LogP contribution is 2.12. The topological polar surface area (TPSA) is 90.9 Å². The van der Waals surface area contributed by atoms with Crippen LogP contribution < -0.4 is 10.1 Å². The molecule has 0 aliphatic heterocycles. The summed E-state index contributed by atoms with van der Waals surface area (Å²) >= 11 is 0. The average Bonchev–Trinajstić information content (AvgIpc) is 2.58. The minimum Gasteiger partial charge on any atom is -0.497 e. The number of carbonyl (C=O) groups is 3. The molecular formula is C15H21NO6. The molecule has 7 heteroatoms. The highest BCUT2D eigenvalue weighted by molar-refractivity contribution is 5.96. The summed E-state index contributed by atoms with van der Waals surface area (Å²) in [5.74, 6) is -0.402. The van der Waals surface area contributed by atoms with Gasteiger partial charge in [0.2, 0.25) is 0 Å². The summed E-state index contributed by atoms with van der Waals surface area (Å²) in [4.78, 5) is 32.3. The van der Waals surface area contributed by atoms with E-state index in [0.29, 0.717) is 17.7 Å². The van der Waals surface area contributed by atoms with Crippen molar-refractivity contribution in [1.29, 1.82) is 0 Å². The Bertz CT molecular complexity index is 495. The van der Waals surface area contributed by atoms with E-state index < -0.39 is 5.97 Å². The first-order chi connectivity index (χ1) is 10.5. The standard InChI is InChI=1S/C11H13NO4.C4H8O2/c1-15-9-5-3-4-8(6-9)11(14)12-7-10(13)16-2;1-3-4(5)6-2/h3-6H,7H2,1-2H3,(H,12,14);3H2,1-2H3. The second-order valence-electron chi connectivity index (χ2n) is 3.92. The average molecular weight is 311 g/mol. The zero-order valence-corrected chi connectivity index (χ0v) is 13.2. The molecule has 1 aromatic carbocycles. The van der Waals surface area contributed by atoms with Gasteiger partial charge in [-0.1, -0.05) is 13.0 Å². The number of nitrogens with one attached hydrogen (secondary N) is 1. The molecule has 1 aromatic rings. The van der Waals surface area contributed by atoms with Gasteiger partial charge in [0.25, 0.3) is 5.91 Å². The highest BCUT2D eigenvalue weighted by Gasteiger charge is 2.08. The largest absolute Gasteiger partial charge is 0.497 e. The van der Waals surface area contributed by atoms with Crippen molar-refractivity contribution in [2.45, 2.75) is 13.3 Å². The van der Waals surface area contributed by atoms with Crippen LogP contribution in [0.5, 0.6) is 5.75 Å². The maximum absolute atomic E-state index is 11.6. The molecule has 0 saturated heterocycles. The van der Waals surface area contributed by atoms with Crippen LogP contribution in [0.25, 0.3) is 0 Å². The fourth-order valence-corrected chi connectivity index (χ4v) is 1.24. The van der Waals surface area contributed by atoms with Crippen LogP contribution >= 0.6 is 0 Å². The number of hydrogen-bond acceptors (Lipinski definition) is 6. The summed E-state index contributed by atoms with van der Waals surface area (Å²) in [5, 5.41) is 2.43. The van der Waals surface area contributed by atoms with Crippen LogP contribution in [-0.2, 0) is 19.1 Å². The molecule has 0 atom stereocenters. The van der Waals surface area contributed by atoms with Crippen molar-refractivity contribution in [1.82, 2.24) is 5.32 Å². The zero-order chi connectivity index (χ0) is 17.0. The molecule has 0 spiro atoms. The van der Waals surface area contributed by atoms with Crippen LogP contribution in [0.3, 0.4) is 0 Å². The maximum Gasteiger partial charge on any atom is 0.325 e. The molecule has 22 heavy (non-hydrogen) atoms. The molecule has 0 heterocycles. The molecule has 0 aliphatic carbocycles. The van der Waals surface area contributed by atoms with Crippen LogP contribution in [0, 0.1) is 0 Å². The number of esters is 2.